The molecule has 0 bridgehead atoms. The molecule has 0 unspecified atom stereocenters. The Kier molecular flexibility index (Phi) is 3.63. The Labute approximate surface area is 82.4 Å². The summed E-state index contributed by atoms with van der Waals surface area (Å²) in [6, 6.07) is 6.07. The molecule has 0 aromatic heterocycles. The summed E-state index contributed by atoms with van der Waals surface area (Å²) in [6.45, 7) is 1.82. The number of carboxylic acid groups (broad SMARTS) is 1. The summed E-state index contributed by atoms with van der Waals surface area (Å²) in [4.78, 5) is 10.7. The van der Waals surface area contributed by atoms with Crippen LogP contribution in [-0.2, 0) is 11.2 Å². The molecule has 0 aliphatic carbocycles. The lowest BCUT2D eigenvalue weighted by molar-refractivity contribution is -0.141. The van der Waals surface area contributed by atoms with Crippen LogP contribution in [0, 0.1) is 11.7 Å². The molecule has 1 N–H and O–H groups in total. The van der Waals surface area contributed by atoms with Gasteiger partial charge in [0.05, 0.1) is 5.92 Å². The van der Waals surface area contributed by atoms with Gasteiger partial charge in [-0.15, -0.1) is 0 Å². The van der Waals surface area contributed by atoms with Crippen LogP contribution in [0.3, 0.4) is 0 Å². The van der Waals surface area contributed by atoms with Gasteiger partial charge < -0.3 is 5.11 Å². The molecule has 0 aliphatic rings. The summed E-state index contributed by atoms with van der Waals surface area (Å²) in [5.41, 5.74) is 0.735. The third-order valence-corrected chi connectivity index (χ3v) is 2.21. The highest BCUT2D eigenvalue weighted by molar-refractivity contribution is 5.70. The summed E-state index contributed by atoms with van der Waals surface area (Å²) in [5, 5.41) is 8.81. The van der Waals surface area contributed by atoms with E-state index < -0.39 is 11.9 Å². The van der Waals surface area contributed by atoms with E-state index in [1.807, 2.05) is 6.92 Å². The van der Waals surface area contributed by atoms with E-state index in [-0.39, 0.29) is 5.82 Å². The SMILES string of the molecule is CC[C@H](Cc1cccc(F)c1)C(=O)O. The van der Waals surface area contributed by atoms with Gasteiger partial charge in [-0.1, -0.05) is 19.1 Å². The van der Waals surface area contributed by atoms with Gasteiger partial charge in [-0.25, -0.2) is 4.39 Å². The van der Waals surface area contributed by atoms with Crippen LogP contribution in [0.5, 0.6) is 0 Å². The van der Waals surface area contributed by atoms with Gasteiger partial charge in [0.15, 0.2) is 0 Å². The second-order valence-corrected chi connectivity index (χ2v) is 3.28. The van der Waals surface area contributed by atoms with Crippen molar-refractivity contribution in [2.24, 2.45) is 5.92 Å². The van der Waals surface area contributed by atoms with E-state index in [0.717, 1.165) is 5.56 Å². The molecule has 3 heteroatoms. The molecule has 1 aromatic rings. The molecule has 1 aromatic carbocycles. The molecule has 1 atom stereocenters. The largest absolute Gasteiger partial charge is 0.481 e. The average Bonchev–Trinajstić information content (AvgIpc) is 2.14. The second kappa shape index (κ2) is 4.74. The van der Waals surface area contributed by atoms with E-state index in [9.17, 15) is 9.18 Å². The summed E-state index contributed by atoms with van der Waals surface area (Å²) in [7, 11) is 0. The topological polar surface area (TPSA) is 37.3 Å². The van der Waals surface area contributed by atoms with Crippen LogP contribution < -0.4 is 0 Å². The normalized spacial score (nSPS) is 12.4. The molecular formula is C11H13FO2. The van der Waals surface area contributed by atoms with Crippen LogP contribution in [-0.4, -0.2) is 11.1 Å². The number of hydrogen-bond acceptors (Lipinski definition) is 1. The number of halogens is 1. The molecule has 0 saturated carbocycles. The predicted molar refractivity (Wildman–Crippen MR) is 51.5 cm³/mol. The first kappa shape index (κ1) is 10.7. The molecule has 0 fully saturated rings. The maximum absolute atomic E-state index is 12.8. The van der Waals surface area contributed by atoms with Crippen molar-refractivity contribution in [3.63, 3.8) is 0 Å². The minimum absolute atomic E-state index is 0.317. The molecule has 1 rings (SSSR count). The fraction of sp³-hybridized carbons (Fsp3) is 0.364. The van der Waals surface area contributed by atoms with E-state index in [0.29, 0.717) is 12.8 Å². The first-order chi connectivity index (χ1) is 6.63. The van der Waals surface area contributed by atoms with Crippen LogP contribution in [0.15, 0.2) is 24.3 Å². The number of carboxylic acids is 1. The van der Waals surface area contributed by atoms with E-state index in [1.165, 1.54) is 12.1 Å². The molecule has 0 heterocycles. The van der Waals surface area contributed by atoms with Crippen molar-refractivity contribution in [2.75, 3.05) is 0 Å². The maximum Gasteiger partial charge on any atom is 0.306 e. The summed E-state index contributed by atoms with van der Waals surface area (Å²) >= 11 is 0. The molecule has 14 heavy (non-hydrogen) atoms. The molecule has 0 spiro atoms. The van der Waals surface area contributed by atoms with Gasteiger partial charge in [-0.3, -0.25) is 4.79 Å². The summed E-state index contributed by atoms with van der Waals surface area (Å²) in [6.07, 6.45) is 0.954. The Hall–Kier alpha value is -1.38. The number of hydrogen-bond donors (Lipinski definition) is 1. The number of benzene rings is 1. The van der Waals surface area contributed by atoms with Gasteiger partial charge in [0, 0.05) is 0 Å². The Morgan fingerprint density at radius 2 is 2.29 bits per heavy atom. The van der Waals surface area contributed by atoms with E-state index in [4.69, 9.17) is 5.11 Å². The fourth-order valence-electron chi connectivity index (χ4n) is 1.35. The van der Waals surface area contributed by atoms with E-state index in [2.05, 4.69) is 0 Å². The molecule has 0 amide bonds. The number of aliphatic carboxylic acids is 1. The zero-order valence-electron chi connectivity index (χ0n) is 8.03. The third kappa shape index (κ3) is 2.83. The van der Waals surface area contributed by atoms with Crippen LogP contribution >= 0.6 is 0 Å². The van der Waals surface area contributed by atoms with Crippen molar-refractivity contribution in [1.29, 1.82) is 0 Å². The Morgan fingerprint density at radius 3 is 2.79 bits per heavy atom. The van der Waals surface area contributed by atoms with Crippen LogP contribution in [0.2, 0.25) is 0 Å². The number of rotatable bonds is 4. The van der Waals surface area contributed by atoms with Crippen molar-refractivity contribution in [1.82, 2.24) is 0 Å². The Morgan fingerprint density at radius 1 is 1.57 bits per heavy atom. The lowest BCUT2D eigenvalue weighted by Gasteiger charge is -2.09. The zero-order valence-corrected chi connectivity index (χ0v) is 8.03. The monoisotopic (exact) mass is 196 g/mol. The highest BCUT2D eigenvalue weighted by Gasteiger charge is 2.15. The lowest BCUT2D eigenvalue weighted by Crippen LogP contribution is -2.15. The number of carbonyl (C=O) groups is 1. The molecule has 0 radical (unpaired) electrons. The van der Waals surface area contributed by atoms with Crippen molar-refractivity contribution in [2.45, 2.75) is 19.8 Å². The van der Waals surface area contributed by atoms with Gasteiger partial charge in [0.2, 0.25) is 0 Å². The van der Waals surface area contributed by atoms with Crippen molar-refractivity contribution >= 4 is 5.97 Å². The average molecular weight is 196 g/mol. The van der Waals surface area contributed by atoms with Crippen LogP contribution in [0.25, 0.3) is 0 Å². The molecular weight excluding hydrogens is 183 g/mol. The highest BCUT2D eigenvalue weighted by Crippen LogP contribution is 2.13. The Bertz CT molecular complexity index is 323. The minimum atomic E-state index is -0.822. The van der Waals surface area contributed by atoms with Gasteiger partial charge in [-0.2, -0.15) is 0 Å². The van der Waals surface area contributed by atoms with Gasteiger partial charge in [0.25, 0.3) is 0 Å². The second-order valence-electron chi connectivity index (χ2n) is 3.28. The minimum Gasteiger partial charge on any atom is -0.481 e. The van der Waals surface area contributed by atoms with Crippen molar-refractivity contribution < 1.29 is 14.3 Å². The zero-order chi connectivity index (χ0) is 10.6. The first-order valence-electron chi connectivity index (χ1n) is 4.60. The molecule has 0 saturated heterocycles. The fourth-order valence-corrected chi connectivity index (χ4v) is 1.35. The standard InChI is InChI=1S/C11H13FO2/c1-2-9(11(13)14)6-8-4-3-5-10(12)7-8/h3-5,7,9H,2,6H2,1H3,(H,13,14)/t9-/m1/s1. The first-order valence-corrected chi connectivity index (χ1v) is 4.60. The summed E-state index contributed by atoms with van der Waals surface area (Å²) < 4.78 is 12.8. The molecule has 0 aliphatic heterocycles. The smallest absolute Gasteiger partial charge is 0.306 e. The molecule has 2 nitrogen and oxygen atoms in total. The van der Waals surface area contributed by atoms with Gasteiger partial charge in [-0.05, 0) is 30.5 Å². The van der Waals surface area contributed by atoms with Gasteiger partial charge >= 0.3 is 5.97 Å². The lowest BCUT2D eigenvalue weighted by atomic mass is 9.97. The maximum atomic E-state index is 12.8. The quantitative estimate of drug-likeness (QED) is 0.803. The molecule has 76 valence electrons. The van der Waals surface area contributed by atoms with Crippen LogP contribution in [0.1, 0.15) is 18.9 Å². The summed E-state index contributed by atoms with van der Waals surface area (Å²) in [5.74, 6) is -1.56. The highest BCUT2D eigenvalue weighted by atomic mass is 19.1. The van der Waals surface area contributed by atoms with E-state index >= 15 is 0 Å². The van der Waals surface area contributed by atoms with E-state index in [1.54, 1.807) is 12.1 Å². The predicted octanol–water partition coefficient (Wildman–Crippen LogP) is 2.48. The third-order valence-electron chi connectivity index (χ3n) is 2.21. The van der Waals surface area contributed by atoms with Crippen molar-refractivity contribution in [3.05, 3.63) is 35.6 Å². The van der Waals surface area contributed by atoms with Crippen molar-refractivity contribution in [3.8, 4) is 0 Å². The Balaban J connectivity index is 2.72. The van der Waals surface area contributed by atoms with Crippen LogP contribution in [0.4, 0.5) is 4.39 Å². The van der Waals surface area contributed by atoms with Gasteiger partial charge in [0.1, 0.15) is 5.82 Å².